The number of hydrogen-bond acceptors (Lipinski definition) is 4. The molecule has 0 unspecified atom stereocenters. The normalized spacial score (nSPS) is 10.5. The molecular weight excluding hydrogens is 202 g/mol. The van der Waals surface area contributed by atoms with Crippen molar-refractivity contribution in [2.24, 2.45) is 11.7 Å². The van der Waals surface area contributed by atoms with Crippen LogP contribution in [0.3, 0.4) is 0 Å². The molecular formula is C11H19N5. The molecule has 0 aromatic carbocycles. The molecule has 0 spiro atoms. The lowest BCUT2D eigenvalue weighted by Crippen LogP contribution is -2.23. The molecule has 1 aromatic rings. The van der Waals surface area contributed by atoms with Gasteiger partial charge in [-0.2, -0.15) is 0 Å². The summed E-state index contributed by atoms with van der Waals surface area (Å²) in [4.78, 5) is 10.4. The molecule has 0 atom stereocenters. The Bertz CT molecular complexity index is 361. The number of rotatable bonds is 5. The van der Waals surface area contributed by atoms with Gasteiger partial charge in [0.2, 0.25) is 5.95 Å². The predicted molar refractivity (Wildman–Crippen MR) is 65.8 cm³/mol. The van der Waals surface area contributed by atoms with Gasteiger partial charge in [-0.3, -0.25) is 5.41 Å². The van der Waals surface area contributed by atoms with E-state index in [1.165, 1.54) is 0 Å². The summed E-state index contributed by atoms with van der Waals surface area (Å²) in [6.07, 6.45) is 2.72. The van der Waals surface area contributed by atoms with E-state index in [1.807, 2.05) is 11.9 Å². The van der Waals surface area contributed by atoms with Crippen LogP contribution in [0.25, 0.3) is 0 Å². The third-order valence-corrected chi connectivity index (χ3v) is 2.30. The highest BCUT2D eigenvalue weighted by Gasteiger charge is 2.07. The molecule has 0 radical (unpaired) electrons. The molecule has 0 saturated heterocycles. The fraction of sp³-hybridized carbons (Fsp3) is 0.545. The number of anilines is 1. The standard InChI is InChI=1S/C11H19N5/c1-8(2)5-7-16(3)11-14-6-4-9(15-11)10(12)13/h4,6,8H,5,7H2,1-3H3,(H3,12,13). The maximum atomic E-state index is 7.31. The molecule has 0 amide bonds. The van der Waals surface area contributed by atoms with Crippen LogP contribution in [0, 0.1) is 11.3 Å². The fourth-order valence-corrected chi connectivity index (χ4v) is 1.23. The van der Waals surface area contributed by atoms with Gasteiger partial charge in [-0.25, -0.2) is 9.97 Å². The topological polar surface area (TPSA) is 78.9 Å². The Morgan fingerprint density at radius 3 is 2.81 bits per heavy atom. The van der Waals surface area contributed by atoms with E-state index in [0.29, 0.717) is 17.6 Å². The van der Waals surface area contributed by atoms with Gasteiger partial charge < -0.3 is 10.6 Å². The maximum absolute atomic E-state index is 7.31. The molecule has 3 N–H and O–H groups in total. The summed E-state index contributed by atoms with van der Waals surface area (Å²) in [6, 6.07) is 1.64. The molecule has 0 saturated carbocycles. The van der Waals surface area contributed by atoms with Crippen molar-refractivity contribution in [3.8, 4) is 0 Å². The molecule has 16 heavy (non-hydrogen) atoms. The minimum Gasteiger partial charge on any atom is -0.382 e. The third kappa shape index (κ3) is 3.49. The summed E-state index contributed by atoms with van der Waals surface area (Å²) in [7, 11) is 1.95. The third-order valence-electron chi connectivity index (χ3n) is 2.30. The molecule has 5 nitrogen and oxygen atoms in total. The van der Waals surface area contributed by atoms with Crippen LogP contribution in [0.5, 0.6) is 0 Å². The number of hydrogen-bond donors (Lipinski definition) is 2. The van der Waals surface area contributed by atoms with E-state index in [4.69, 9.17) is 11.1 Å². The van der Waals surface area contributed by atoms with Crippen LogP contribution in [-0.2, 0) is 0 Å². The highest BCUT2D eigenvalue weighted by molar-refractivity contribution is 5.93. The first-order valence-electron chi connectivity index (χ1n) is 5.39. The molecule has 1 aromatic heterocycles. The summed E-state index contributed by atoms with van der Waals surface area (Å²) in [5, 5.41) is 7.31. The van der Waals surface area contributed by atoms with Crippen molar-refractivity contribution in [3.63, 3.8) is 0 Å². The Morgan fingerprint density at radius 2 is 2.25 bits per heavy atom. The van der Waals surface area contributed by atoms with Crippen molar-refractivity contribution >= 4 is 11.8 Å². The summed E-state index contributed by atoms with van der Waals surface area (Å²) in [5.41, 5.74) is 5.85. The first-order valence-corrected chi connectivity index (χ1v) is 5.39. The second-order valence-corrected chi connectivity index (χ2v) is 4.26. The Kier molecular flexibility index (Phi) is 4.22. The number of nitrogens with one attached hydrogen (secondary N) is 1. The summed E-state index contributed by atoms with van der Waals surface area (Å²) >= 11 is 0. The van der Waals surface area contributed by atoms with E-state index >= 15 is 0 Å². The summed E-state index contributed by atoms with van der Waals surface area (Å²) < 4.78 is 0. The van der Waals surface area contributed by atoms with Crippen molar-refractivity contribution in [1.29, 1.82) is 5.41 Å². The highest BCUT2D eigenvalue weighted by atomic mass is 15.2. The largest absolute Gasteiger partial charge is 0.382 e. The van der Waals surface area contributed by atoms with Crippen LogP contribution in [-0.4, -0.2) is 29.4 Å². The van der Waals surface area contributed by atoms with Crippen molar-refractivity contribution in [3.05, 3.63) is 18.0 Å². The quantitative estimate of drug-likeness (QED) is 0.579. The summed E-state index contributed by atoms with van der Waals surface area (Å²) in [5.74, 6) is 1.24. The van der Waals surface area contributed by atoms with Crippen molar-refractivity contribution in [1.82, 2.24) is 9.97 Å². The van der Waals surface area contributed by atoms with Gasteiger partial charge in [0.15, 0.2) is 0 Å². The Hall–Kier alpha value is -1.65. The minimum absolute atomic E-state index is 0.0269. The molecule has 88 valence electrons. The first kappa shape index (κ1) is 12.4. The average Bonchev–Trinajstić information content (AvgIpc) is 2.26. The van der Waals surface area contributed by atoms with Gasteiger partial charge in [-0.15, -0.1) is 0 Å². The number of nitrogens with two attached hydrogens (primary N) is 1. The lowest BCUT2D eigenvalue weighted by molar-refractivity contribution is 0.581. The van der Waals surface area contributed by atoms with E-state index < -0.39 is 0 Å². The lowest BCUT2D eigenvalue weighted by Gasteiger charge is -2.18. The molecule has 0 aliphatic rings. The second kappa shape index (κ2) is 5.44. The van der Waals surface area contributed by atoms with Crippen LogP contribution >= 0.6 is 0 Å². The molecule has 1 heterocycles. The van der Waals surface area contributed by atoms with Crippen LogP contribution in [0.4, 0.5) is 5.95 Å². The van der Waals surface area contributed by atoms with Crippen molar-refractivity contribution in [2.75, 3.05) is 18.5 Å². The van der Waals surface area contributed by atoms with Crippen molar-refractivity contribution < 1.29 is 0 Å². The van der Waals surface area contributed by atoms with Gasteiger partial charge in [0.25, 0.3) is 0 Å². The van der Waals surface area contributed by atoms with E-state index in [9.17, 15) is 0 Å². The SMILES string of the molecule is CC(C)CCN(C)c1nccc(C(=N)N)n1. The monoisotopic (exact) mass is 221 g/mol. The Balaban J connectivity index is 2.71. The zero-order chi connectivity index (χ0) is 12.1. The van der Waals surface area contributed by atoms with Crippen LogP contribution in [0.2, 0.25) is 0 Å². The Morgan fingerprint density at radius 1 is 1.56 bits per heavy atom. The fourth-order valence-electron chi connectivity index (χ4n) is 1.23. The number of aromatic nitrogens is 2. The molecule has 0 bridgehead atoms. The van der Waals surface area contributed by atoms with Gasteiger partial charge in [-0.1, -0.05) is 13.8 Å². The van der Waals surface area contributed by atoms with Gasteiger partial charge in [-0.05, 0) is 18.4 Å². The van der Waals surface area contributed by atoms with E-state index in [2.05, 4.69) is 23.8 Å². The van der Waals surface area contributed by atoms with Gasteiger partial charge in [0, 0.05) is 19.8 Å². The zero-order valence-electron chi connectivity index (χ0n) is 10.1. The zero-order valence-corrected chi connectivity index (χ0v) is 10.1. The molecule has 1 rings (SSSR count). The number of nitrogens with zero attached hydrogens (tertiary/aromatic N) is 3. The molecule has 0 aliphatic heterocycles. The Labute approximate surface area is 96.2 Å². The van der Waals surface area contributed by atoms with E-state index in [0.717, 1.165) is 13.0 Å². The van der Waals surface area contributed by atoms with Crippen LogP contribution < -0.4 is 10.6 Å². The second-order valence-electron chi connectivity index (χ2n) is 4.26. The lowest BCUT2D eigenvalue weighted by atomic mass is 10.1. The molecule has 5 heteroatoms. The van der Waals surface area contributed by atoms with Crippen molar-refractivity contribution in [2.45, 2.75) is 20.3 Å². The number of amidine groups is 1. The number of nitrogen functional groups attached to an aromatic ring is 1. The summed E-state index contributed by atoms with van der Waals surface area (Å²) in [6.45, 7) is 5.26. The average molecular weight is 221 g/mol. The van der Waals surface area contributed by atoms with E-state index in [1.54, 1.807) is 12.3 Å². The smallest absolute Gasteiger partial charge is 0.225 e. The highest BCUT2D eigenvalue weighted by Crippen LogP contribution is 2.08. The van der Waals surface area contributed by atoms with E-state index in [-0.39, 0.29) is 5.84 Å². The van der Waals surface area contributed by atoms with Crippen LogP contribution in [0.1, 0.15) is 26.0 Å². The van der Waals surface area contributed by atoms with Crippen LogP contribution in [0.15, 0.2) is 12.3 Å². The van der Waals surface area contributed by atoms with Gasteiger partial charge in [0.1, 0.15) is 11.5 Å². The minimum atomic E-state index is -0.0269. The molecule has 0 aliphatic carbocycles. The first-order chi connectivity index (χ1) is 7.50. The predicted octanol–water partition coefficient (Wildman–Crippen LogP) is 1.24. The van der Waals surface area contributed by atoms with Gasteiger partial charge >= 0.3 is 0 Å². The van der Waals surface area contributed by atoms with Gasteiger partial charge in [0.05, 0.1) is 0 Å². The molecule has 0 fully saturated rings. The maximum Gasteiger partial charge on any atom is 0.225 e.